The van der Waals surface area contributed by atoms with Crippen molar-refractivity contribution in [1.82, 2.24) is 10.0 Å². The molecule has 2 amide bonds. The van der Waals surface area contributed by atoms with E-state index in [2.05, 4.69) is 20.7 Å². The van der Waals surface area contributed by atoms with Crippen molar-refractivity contribution >= 4 is 45.0 Å². The SMILES string of the molecule is CC1Sc2ccc(C(=O)Nc3cccc(S(=O)(=O)NC4CCNCC4)c3)cc2NC1=O. The molecule has 2 aliphatic heterocycles. The number of anilines is 2. The molecule has 4 rings (SSSR count). The van der Waals surface area contributed by atoms with Gasteiger partial charge < -0.3 is 16.0 Å². The smallest absolute Gasteiger partial charge is 0.255 e. The molecule has 1 atom stereocenters. The van der Waals surface area contributed by atoms with Crippen molar-refractivity contribution in [3.8, 4) is 0 Å². The molecule has 2 aromatic rings. The Morgan fingerprint density at radius 2 is 1.90 bits per heavy atom. The molecule has 4 N–H and O–H groups in total. The van der Waals surface area contributed by atoms with Crippen molar-refractivity contribution in [2.24, 2.45) is 0 Å². The highest BCUT2D eigenvalue weighted by Gasteiger charge is 2.24. The summed E-state index contributed by atoms with van der Waals surface area (Å²) in [7, 11) is -3.69. The first kappa shape index (κ1) is 21.8. The van der Waals surface area contributed by atoms with E-state index in [-0.39, 0.29) is 28.0 Å². The molecule has 0 bridgehead atoms. The molecule has 31 heavy (non-hydrogen) atoms. The third-order valence-corrected chi connectivity index (χ3v) is 7.93. The number of nitrogens with one attached hydrogen (secondary N) is 4. The highest BCUT2D eigenvalue weighted by Crippen LogP contribution is 2.36. The monoisotopic (exact) mass is 460 g/mol. The van der Waals surface area contributed by atoms with Gasteiger partial charge in [0.25, 0.3) is 5.91 Å². The Kier molecular flexibility index (Phi) is 6.33. The van der Waals surface area contributed by atoms with Crippen molar-refractivity contribution in [1.29, 1.82) is 0 Å². The van der Waals surface area contributed by atoms with Gasteiger partial charge in [-0.25, -0.2) is 13.1 Å². The van der Waals surface area contributed by atoms with E-state index >= 15 is 0 Å². The summed E-state index contributed by atoms with van der Waals surface area (Å²) < 4.78 is 28.2. The van der Waals surface area contributed by atoms with Gasteiger partial charge in [0.05, 0.1) is 15.8 Å². The van der Waals surface area contributed by atoms with E-state index in [1.54, 1.807) is 30.3 Å². The van der Waals surface area contributed by atoms with E-state index in [1.807, 2.05) is 6.92 Å². The van der Waals surface area contributed by atoms with E-state index < -0.39 is 10.0 Å². The van der Waals surface area contributed by atoms with E-state index in [9.17, 15) is 18.0 Å². The Morgan fingerprint density at radius 1 is 1.13 bits per heavy atom. The van der Waals surface area contributed by atoms with Gasteiger partial charge in [0.1, 0.15) is 0 Å². The maximum Gasteiger partial charge on any atom is 0.255 e. The highest BCUT2D eigenvalue weighted by atomic mass is 32.2. The van der Waals surface area contributed by atoms with Crippen LogP contribution in [0.1, 0.15) is 30.1 Å². The van der Waals surface area contributed by atoms with Crippen LogP contribution in [0.5, 0.6) is 0 Å². The van der Waals surface area contributed by atoms with E-state index in [0.717, 1.165) is 30.8 Å². The molecule has 2 aliphatic rings. The second-order valence-electron chi connectivity index (χ2n) is 7.59. The van der Waals surface area contributed by atoms with Crippen molar-refractivity contribution < 1.29 is 18.0 Å². The van der Waals surface area contributed by atoms with Crippen LogP contribution in [0, 0.1) is 0 Å². The minimum absolute atomic E-state index is 0.101. The predicted octanol–water partition coefficient (Wildman–Crippen LogP) is 2.40. The average molecular weight is 461 g/mol. The molecule has 0 spiro atoms. The van der Waals surface area contributed by atoms with Crippen LogP contribution in [0.3, 0.4) is 0 Å². The van der Waals surface area contributed by atoms with Gasteiger partial charge in [-0.05, 0) is 69.3 Å². The molecular weight excluding hydrogens is 436 g/mol. The van der Waals surface area contributed by atoms with Gasteiger partial charge >= 0.3 is 0 Å². The fourth-order valence-corrected chi connectivity index (χ4v) is 5.80. The molecule has 8 nitrogen and oxygen atoms in total. The van der Waals surface area contributed by atoms with Gasteiger partial charge in [0.15, 0.2) is 0 Å². The van der Waals surface area contributed by atoms with Gasteiger partial charge in [0, 0.05) is 22.2 Å². The molecule has 2 aromatic carbocycles. The Balaban J connectivity index is 1.48. The molecule has 0 aromatic heterocycles. The fraction of sp³-hybridized carbons (Fsp3) is 0.333. The van der Waals surface area contributed by atoms with Gasteiger partial charge in [0.2, 0.25) is 15.9 Å². The Hall–Kier alpha value is -2.40. The van der Waals surface area contributed by atoms with Gasteiger partial charge in [-0.1, -0.05) is 6.07 Å². The quantitative estimate of drug-likeness (QED) is 0.545. The Bertz CT molecular complexity index is 1110. The minimum Gasteiger partial charge on any atom is -0.324 e. The van der Waals surface area contributed by atoms with Crippen molar-refractivity contribution in [2.75, 3.05) is 23.7 Å². The predicted molar refractivity (Wildman–Crippen MR) is 121 cm³/mol. The maximum absolute atomic E-state index is 12.7. The average Bonchev–Trinajstić information content (AvgIpc) is 2.75. The van der Waals surface area contributed by atoms with Crippen molar-refractivity contribution in [3.63, 3.8) is 0 Å². The number of carbonyl (C=O) groups excluding carboxylic acids is 2. The first-order chi connectivity index (χ1) is 14.8. The van der Waals surface area contributed by atoms with Crippen LogP contribution in [0.15, 0.2) is 52.3 Å². The maximum atomic E-state index is 12.7. The zero-order chi connectivity index (χ0) is 22.0. The van der Waals surface area contributed by atoms with Gasteiger partial charge in [-0.2, -0.15) is 0 Å². The highest BCUT2D eigenvalue weighted by molar-refractivity contribution is 8.01. The van der Waals surface area contributed by atoms with E-state index in [1.165, 1.54) is 23.9 Å². The van der Waals surface area contributed by atoms with Crippen LogP contribution in [0.4, 0.5) is 11.4 Å². The Labute approximate surface area is 185 Å². The number of thioether (sulfide) groups is 1. The first-order valence-electron chi connectivity index (χ1n) is 10.1. The Morgan fingerprint density at radius 3 is 2.68 bits per heavy atom. The molecule has 0 radical (unpaired) electrons. The lowest BCUT2D eigenvalue weighted by molar-refractivity contribution is -0.115. The van der Waals surface area contributed by atoms with Crippen LogP contribution >= 0.6 is 11.8 Å². The lowest BCUT2D eigenvalue weighted by atomic mass is 10.1. The molecule has 1 unspecified atom stereocenters. The van der Waals surface area contributed by atoms with Crippen LogP contribution in [-0.2, 0) is 14.8 Å². The number of hydrogen-bond acceptors (Lipinski definition) is 6. The van der Waals surface area contributed by atoms with E-state index in [4.69, 9.17) is 0 Å². The topological polar surface area (TPSA) is 116 Å². The zero-order valence-corrected chi connectivity index (χ0v) is 18.6. The summed E-state index contributed by atoms with van der Waals surface area (Å²) >= 11 is 1.44. The van der Waals surface area contributed by atoms with Crippen molar-refractivity contribution in [3.05, 3.63) is 48.0 Å². The number of fused-ring (bicyclic) bond motifs is 1. The second-order valence-corrected chi connectivity index (χ2v) is 10.7. The number of hydrogen-bond donors (Lipinski definition) is 4. The summed E-state index contributed by atoms with van der Waals surface area (Å²) in [4.78, 5) is 25.6. The molecule has 1 saturated heterocycles. The number of amides is 2. The zero-order valence-electron chi connectivity index (χ0n) is 17.0. The molecule has 0 aliphatic carbocycles. The summed E-state index contributed by atoms with van der Waals surface area (Å²) in [5.41, 5.74) is 1.35. The van der Waals surface area contributed by atoms with Gasteiger partial charge in [-0.15, -0.1) is 11.8 Å². The minimum atomic E-state index is -3.69. The molecule has 2 heterocycles. The number of carbonyl (C=O) groups is 2. The summed E-state index contributed by atoms with van der Waals surface area (Å²) in [5.74, 6) is -0.490. The van der Waals surface area contributed by atoms with Gasteiger partial charge in [-0.3, -0.25) is 9.59 Å². The fourth-order valence-electron chi connectivity index (χ4n) is 3.52. The summed E-state index contributed by atoms with van der Waals surface area (Å²) in [6.45, 7) is 3.38. The normalized spacial score (nSPS) is 19.4. The first-order valence-corrected chi connectivity index (χ1v) is 12.4. The molecule has 164 valence electrons. The lowest BCUT2D eigenvalue weighted by Crippen LogP contribution is -2.42. The van der Waals surface area contributed by atoms with Crippen molar-refractivity contribution in [2.45, 2.75) is 40.8 Å². The molecule has 10 heteroatoms. The summed E-state index contributed by atoms with van der Waals surface area (Å²) in [5, 5.41) is 8.56. The molecular formula is C21H24N4O4S2. The lowest BCUT2D eigenvalue weighted by Gasteiger charge is -2.23. The summed E-state index contributed by atoms with van der Waals surface area (Å²) in [6, 6.07) is 11.2. The van der Waals surface area contributed by atoms with Crippen LogP contribution in [0.2, 0.25) is 0 Å². The third-order valence-electron chi connectivity index (χ3n) is 5.24. The number of piperidine rings is 1. The third kappa shape index (κ3) is 5.09. The number of rotatable bonds is 5. The number of sulfonamides is 1. The second kappa shape index (κ2) is 8.99. The molecule has 0 saturated carbocycles. The molecule has 1 fully saturated rings. The standard InChI is InChI=1S/C21H24N4O4S2/c1-13-20(26)24-18-11-14(5-6-19(18)30-13)21(27)23-16-3-2-4-17(12-16)31(28,29)25-15-7-9-22-10-8-15/h2-6,11-13,15,22,25H,7-10H2,1H3,(H,23,27)(H,24,26). The summed E-state index contributed by atoms with van der Waals surface area (Å²) in [6.07, 6.45) is 1.48. The van der Waals surface area contributed by atoms with Crippen LogP contribution in [0.25, 0.3) is 0 Å². The largest absolute Gasteiger partial charge is 0.324 e. The van der Waals surface area contributed by atoms with Crippen LogP contribution in [-0.4, -0.2) is 44.6 Å². The number of benzene rings is 2. The van der Waals surface area contributed by atoms with Crippen LogP contribution < -0.4 is 20.7 Å². The van der Waals surface area contributed by atoms with E-state index in [0.29, 0.717) is 16.9 Å².